The summed E-state index contributed by atoms with van der Waals surface area (Å²) in [7, 11) is 1.63. The fraction of sp³-hybridized carbons (Fsp3) is 0.103. The zero-order valence-electron chi connectivity index (χ0n) is 19.1. The molecule has 1 nitrogen and oxygen atoms in total. The quantitative estimate of drug-likeness (QED) is 0.252. The molecule has 0 atom stereocenters. The molecule has 0 saturated heterocycles. The second kappa shape index (κ2) is 10.6. The molecule has 5 heteroatoms. The molecule has 0 amide bonds. The normalized spacial score (nSPS) is 11.8. The van der Waals surface area contributed by atoms with E-state index in [1.165, 1.54) is 36.4 Å². The van der Waals surface area contributed by atoms with Gasteiger partial charge >= 0.3 is 0 Å². The molecule has 0 bridgehead atoms. The summed E-state index contributed by atoms with van der Waals surface area (Å²) in [5, 5.41) is 0. The van der Waals surface area contributed by atoms with E-state index in [0.29, 0.717) is 6.61 Å². The molecule has 0 saturated carbocycles. The van der Waals surface area contributed by atoms with E-state index >= 15 is 0 Å². The zero-order chi connectivity index (χ0) is 24.1. The van der Waals surface area contributed by atoms with Crippen molar-refractivity contribution in [1.29, 1.82) is 0 Å². The zero-order valence-corrected chi connectivity index (χ0v) is 19.1. The topological polar surface area (TPSA) is 9.23 Å². The van der Waals surface area contributed by atoms with Crippen LogP contribution in [0, 0.1) is 24.4 Å². The van der Waals surface area contributed by atoms with Crippen LogP contribution >= 0.6 is 0 Å². The predicted molar refractivity (Wildman–Crippen MR) is 134 cm³/mol. The highest BCUT2D eigenvalue weighted by Crippen LogP contribution is 2.30. The van der Waals surface area contributed by atoms with Crippen LogP contribution in [0.15, 0.2) is 97.1 Å². The molecule has 4 rings (SSSR count). The third-order valence-electron chi connectivity index (χ3n) is 5.86. The van der Waals surface area contributed by atoms with Gasteiger partial charge in [-0.15, -0.1) is 0 Å². The standard InChI is InChI=1S/C29H24BF3O/c1-20-3-5-21(6-4-20)28(19-34-2)29(22-7-13-25(31)14-8-22)30(23-9-15-26(32)16-10-23)24-11-17-27(33)18-12-24/h3-18H,19H2,1-2H3/b29-28+. The van der Waals surface area contributed by atoms with E-state index in [4.69, 9.17) is 4.74 Å². The maximum atomic E-state index is 13.9. The lowest BCUT2D eigenvalue weighted by Crippen LogP contribution is -2.44. The molecule has 0 fully saturated rings. The first kappa shape index (κ1) is 23.6. The summed E-state index contributed by atoms with van der Waals surface area (Å²) in [5.74, 6) is -1.03. The fourth-order valence-corrected chi connectivity index (χ4v) is 4.20. The van der Waals surface area contributed by atoms with Crippen LogP contribution < -0.4 is 10.9 Å². The summed E-state index contributed by atoms with van der Waals surface area (Å²) in [6.07, 6.45) is 0. The SMILES string of the molecule is COC/C(=C(\B(c1ccc(F)cc1)c1ccc(F)cc1)c1ccc(F)cc1)c1ccc(C)cc1. The number of benzene rings is 4. The average Bonchev–Trinajstić information content (AvgIpc) is 2.84. The van der Waals surface area contributed by atoms with Crippen molar-refractivity contribution in [3.8, 4) is 0 Å². The average molecular weight is 456 g/mol. The minimum atomic E-state index is -0.377. The monoisotopic (exact) mass is 456 g/mol. The van der Waals surface area contributed by atoms with Gasteiger partial charge in [0.1, 0.15) is 17.5 Å². The molecule has 0 unspecified atom stereocenters. The van der Waals surface area contributed by atoms with E-state index < -0.39 is 0 Å². The van der Waals surface area contributed by atoms with Gasteiger partial charge in [0, 0.05) is 7.11 Å². The minimum Gasteiger partial charge on any atom is -0.380 e. The minimum absolute atomic E-state index is 0.300. The van der Waals surface area contributed by atoms with Crippen molar-refractivity contribution in [3.63, 3.8) is 0 Å². The lowest BCUT2D eigenvalue weighted by molar-refractivity contribution is 0.240. The summed E-state index contributed by atoms with van der Waals surface area (Å²) < 4.78 is 47.2. The first-order chi connectivity index (χ1) is 16.5. The van der Waals surface area contributed by atoms with Gasteiger partial charge in [-0.1, -0.05) is 82.6 Å². The van der Waals surface area contributed by atoms with Gasteiger partial charge in [-0.05, 0) is 60.0 Å². The lowest BCUT2D eigenvalue weighted by atomic mass is 9.34. The van der Waals surface area contributed by atoms with Crippen molar-refractivity contribution in [2.24, 2.45) is 0 Å². The van der Waals surface area contributed by atoms with Crippen LogP contribution in [0.1, 0.15) is 16.7 Å². The Balaban J connectivity index is 2.06. The molecular weight excluding hydrogens is 432 g/mol. The van der Waals surface area contributed by atoms with Gasteiger partial charge in [-0.25, -0.2) is 13.2 Å². The van der Waals surface area contributed by atoms with Crippen molar-refractivity contribution < 1.29 is 17.9 Å². The number of rotatable bonds is 7. The second-order valence-electron chi connectivity index (χ2n) is 8.23. The molecule has 4 aromatic rings. The Hall–Kier alpha value is -3.57. The van der Waals surface area contributed by atoms with Gasteiger partial charge in [0.2, 0.25) is 6.71 Å². The summed E-state index contributed by atoms with van der Waals surface area (Å²) in [6.45, 7) is 1.94. The van der Waals surface area contributed by atoms with E-state index in [2.05, 4.69) is 0 Å². The van der Waals surface area contributed by atoms with E-state index in [0.717, 1.165) is 38.7 Å². The Labute approximate surface area is 198 Å². The Bertz CT molecular complexity index is 1220. The molecule has 0 aliphatic rings. The van der Waals surface area contributed by atoms with Crippen LogP contribution in [0.5, 0.6) is 0 Å². The summed E-state index contributed by atoms with van der Waals surface area (Å²) in [4.78, 5) is 0. The molecule has 34 heavy (non-hydrogen) atoms. The van der Waals surface area contributed by atoms with Crippen LogP contribution in [0.2, 0.25) is 0 Å². The van der Waals surface area contributed by atoms with Gasteiger partial charge < -0.3 is 4.74 Å². The molecule has 0 spiro atoms. The molecule has 0 aliphatic carbocycles. The predicted octanol–water partition coefficient (Wildman–Crippen LogP) is 5.82. The highest BCUT2D eigenvalue weighted by atomic mass is 19.1. The second-order valence-corrected chi connectivity index (χ2v) is 8.23. The third kappa shape index (κ3) is 5.32. The van der Waals surface area contributed by atoms with Gasteiger partial charge in [-0.3, -0.25) is 0 Å². The number of hydrogen-bond donors (Lipinski definition) is 0. The molecule has 0 radical (unpaired) electrons. The number of aryl methyl sites for hydroxylation is 1. The van der Waals surface area contributed by atoms with Crippen LogP contribution in [-0.2, 0) is 4.74 Å². The van der Waals surface area contributed by atoms with E-state index in [9.17, 15) is 13.2 Å². The molecule has 0 heterocycles. The fourth-order valence-electron chi connectivity index (χ4n) is 4.20. The molecule has 0 N–H and O–H groups in total. The molecule has 0 aliphatic heterocycles. The Morgan fingerprint density at radius 3 is 1.47 bits per heavy atom. The summed E-state index contributed by atoms with van der Waals surface area (Å²) in [5.41, 5.74) is 6.32. The van der Waals surface area contributed by atoms with E-state index in [1.54, 1.807) is 43.5 Å². The first-order valence-corrected chi connectivity index (χ1v) is 11.0. The highest BCUT2D eigenvalue weighted by molar-refractivity contribution is 7.00. The Morgan fingerprint density at radius 1 is 0.618 bits per heavy atom. The number of ether oxygens (including phenoxy) is 1. The van der Waals surface area contributed by atoms with Crippen molar-refractivity contribution in [2.75, 3.05) is 13.7 Å². The van der Waals surface area contributed by atoms with Gasteiger partial charge in [-0.2, -0.15) is 0 Å². The molecular formula is C29H24BF3O. The van der Waals surface area contributed by atoms with Crippen LogP contribution in [-0.4, -0.2) is 20.4 Å². The van der Waals surface area contributed by atoms with Crippen molar-refractivity contribution in [1.82, 2.24) is 0 Å². The maximum absolute atomic E-state index is 13.9. The van der Waals surface area contributed by atoms with Gasteiger partial charge in [0.05, 0.1) is 6.61 Å². The largest absolute Gasteiger partial charge is 0.380 e. The number of hydrogen-bond acceptors (Lipinski definition) is 1. The molecule has 170 valence electrons. The van der Waals surface area contributed by atoms with Crippen LogP contribution in [0.25, 0.3) is 11.0 Å². The van der Waals surface area contributed by atoms with Crippen molar-refractivity contribution in [3.05, 3.63) is 131 Å². The molecule has 0 aromatic heterocycles. The Morgan fingerprint density at radius 2 is 1.03 bits per heavy atom. The highest BCUT2D eigenvalue weighted by Gasteiger charge is 2.29. The summed E-state index contributed by atoms with van der Waals surface area (Å²) >= 11 is 0. The van der Waals surface area contributed by atoms with E-state index in [-0.39, 0.29) is 24.2 Å². The third-order valence-corrected chi connectivity index (χ3v) is 5.86. The summed E-state index contributed by atoms with van der Waals surface area (Å²) in [6, 6.07) is 27.0. The van der Waals surface area contributed by atoms with Crippen molar-refractivity contribution >= 4 is 28.7 Å². The molecule has 4 aromatic carbocycles. The smallest absolute Gasteiger partial charge is 0.242 e. The van der Waals surface area contributed by atoms with Crippen LogP contribution in [0.4, 0.5) is 13.2 Å². The number of halogens is 3. The van der Waals surface area contributed by atoms with Gasteiger partial charge in [0.15, 0.2) is 0 Å². The lowest BCUT2D eigenvalue weighted by Gasteiger charge is -2.24. The first-order valence-electron chi connectivity index (χ1n) is 11.0. The van der Waals surface area contributed by atoms with Crippen LogP contribution in [0.3, 0.4) is 0 Å². The van der Waals surface area contributed by atoms with E-state index in [1.807, 2.05) is 31.2 Å². The number of methoxy groups -OCH3 is 1. The van der Waals surface area contributed by atoms with Gasteiger partial charge in [0.25, 0.3) is 0 Å². The maximum Gasteiger partial charge on any atom is 0.242 e. The Kier molecular flexibility index (Phi) is 7.34. The van der Waals surface area contributed by atoms with Crippen molar-refractivity contribution in [2.45, 2.75) is 6.92 Å².